The molecule has 0 aromatic carbocycles. The molecule has 0 saturated heterocycles. The lowest BCUT2D eigenvalue weighted by Crippen LogP contribution is -1.77. The number of anilines is 1. The second-order valence-corrected chi connectivity index (χ2v) is 2.58. The van der Waals surface area contributed by atoms with Crippen molar-refractivity contribution in [3.63, 3.8) is 0 Å². The number of hydrogen-bond donors (Lipinski definition) is 2. The largest absolute Gasteiger partial charge is 0.384 e. The average molecular weight is 154 g/mol. The van der Waals surface area contributed by atoms with E-state index in [1.165, 1.54) is 11.3 Å². The summed E-state index contributed by atoms with van der Waals surface area (Å²) in [6.07, 6.45) is 1.59. The van der Waals surface area contributed by atoms with Crippen molar-refractivity contribution in [2.24, 2.45) is 0 Å². The Balaban J connectivity index is 2.76. The number of nitrogens with two attached hydrogens (primary N) is 1. The van der Waals surface area contributed by atoms with E-state index in [0.29, 0.717) is 5.13 Å². The maximum Gasteiger partial charge on any atom is 0.181 e. The first-order valence-electron chi connectivity index (χ1n) is 2.64. The molecule has 10 heavy (non-hydrogen) atoms. The molecule has 0 atom stereocenters. The Labute approximate surface area is 62.5 Å². The summed E-state index contributed by atoms with van der Waals surface area (Å²) in [4.78, 5) is 4.57. The summed E-state index contributed by atoms with van der Waals surface area (Å²) >= 11 is 1.31. The highest BCUT2D eigenvalue weighted by molar-refractivity contribution is 7.15. The topological polar surface area (TPSA) is 59.1 Å². The van der Waals surface area contributed by atoms with Crippen LogP contribution >= 0.6 is 11.3 Å². The summed E-state index contributed by atoms with van der Waals surface area (Å²) in [7, 11) is 0. The Bertz CT molecular complexity index is 271. The van der Waals surface area contributed by atoms with Gasteiger partial charge in [-0.25, -0.2) is 4.98 Å². The van der Waals surface area contributed by atoms with E-state index in [1.54, 1.807) is 6.20 Å². The molecule has 1 aromatic rings. The molecule has 0 radical (unpaired) electrons. The van der Waals surface area contributed by atoms with Gasteiger partial charge in [0.25, 0.3) is 0 Å². The highest BCUT2D eigenvalue weighted by Crippen LogP contribution is 2.11. The fourth-order valence-corrected chi connectivity index (χ4v) is 1.03. The molecular formula is C6H6N2OS. The van der Waals surface area contributed by atoms with Gasteiger partial charge in [0.1, 0.15) is 6.61 Å². The van der Waals surface area contributed by atoms with E-state index in [2.05, 4.69) is 16.8 Å². The SMILES string of the molecule is Nc1ncc(C#CCO)s1. The number of aliphatic hydroxyl groups excluding tert-OH is 1. The fourth-order valence-electron chi connectivity index (χ4n) is 0.472. The van der Waals surface area contributed by atoms with Gasteiger partial charge in [-0.05, 0) is 0 Å². The van der Waals surface area contributed by atoms with E-state index in [4.69, 9.17) is 10.8 Å². The van der Waals surface area contributed by atoms with Crippen molar-refractivity contribution in [3.8, 4) is 11.8 Å². The van der Waals surface area contributed by atoms with Crippen molar-refractivity contribution in [1.82, 2.24) is 4.98 Å². The van der Waals surface area contributed by atoms with Crippen molar-refractivity contribution < 1.29 is 5.11 Å². The summed E-state index contributed by atoms with van der Waals surface area (Å²) in [5, 5.41) is 8.82. The second-order valence-electron chi connectivity index (χ2n) is 1.52. The van der Waals surface area contributed by atoms with Gasteiger partial charge in [-0.15, -0.1) is 0 Å². The van der Waals surface area contributed by atoms with Crippen LogP contribution in [0.15, 0.2) is 6.20 Å². The molecule has 1 aromatic heterocycles. The number of nitrogens with zero attached hydrogens (tertiary/aromatic N) is 1. The first-order valence-corrected chi connectivity index (χ1v) is 3.45. The number of aliphatic hydroxyl groups is 1. The lowest BCUT2D eigenvalue weighted by Gasteiger charge is -1.73. The zero-order valence-corrected chi connectivity index (χ0v) is 5.98. The molecular weight excluding hydrogens is 148 g/mol. The first-order chi connectivity index (χ1) is 4.83. The third-order valence-electron chi connectivity index (χ3n) is 0.814. The van der Waals surface area contributed by atoms with Crippen LogP contribution in [0.2, 0.25) is 0 Å². The number of hydrogen-bond acceptors (Lipinski definition) is 4. The van der Waals surface area contributed by atoms with Gasteiger partial charge in [-0.3, -0.25) is 0 Å². The van der Waals surface area contributed by atoms with Gasteiger partial charge in [-0.2, -0.15) is 0 Å². The molecule has 4 heteroatoms. The van der Waals surface area contributed by atoms with Gasteiger partial charge in [0.15, 0.2) is 5.13 Å². The van der Waals surface area contributed by atoms with Crippen molar-refractivity contribution >= 4 is 16.5 Å². The predicted octanol–water partition coefficient (Wildman–Crippen LogP) is 0.0691. The summed E-state index contributed by atoms with van der Waals surface area (Å²) in [5.74, 6) is 5.19. The standard InChI is InChI=1S/C6H6N2OS/c7-6-8-4-5(10-6)2-1-3-9/h4,9H,3H2,(H2,7,8). The third-order valence-corrected chi connectivity index (χ3v) is 1.56. The average Bonchev–Trinajstić information content (AvgIpc) is 2.31. The van der Waals surface area contributed by atoms with Crippen molar-refractivity contribution in [2.75, 3.05) is 12.3 Å². The van der Waals surface area contributed by atoms with Crippen molar-refractivity contribution in [1.29, 1.82) is 0 Å². The molecule has 0 saturated carbocycles. The summed E-state index contributed by atoms with van der Waals surface area (Å²) in [6.45, 7) is -0.127. The molecule has 1 rings (SSSR count). The molecule has 0 fully saturated rings. The molecule has 0 aliphatic carbocycles. The molecule has 0 aliphatic heterocycles. The minimum absolute atomic E-state index is 0.127. The molecule has 0 bridgehead atoms. The molecule has 3 nitrogen and oxygen atoms in total. The molecule has 0 aliphatic rings. The summed E-state index contributed by atoms with van der Waals surface area (Å²) < 4.78 is 0. The number of nitrogen functional groups attached to an aromatic ring is 1. The van der Waals surface area contributed by atoms with Crippen LogP contribution in [0.3, 0.4) is 0 Å². The van der Waals surface area contributed by atoms with Crippen LogP contribution in [0.25, 0.3) is 0 Å². The minimum Gasteiger partial charge on any atom is -0.384 e. The number of aromatic nitrogens is 1. The summed E-state index contributed by atoms with van der Waals surface area (Å²) in [5.41, 5.74) is 5.33. The van der Waals surface area contributed by atoms with Gasteiger partial charge in [0.2, 0.25) is 0 Å². The smallest absolute Gasteiger partial charge is 0.181 e. The summed E-state index contributed by atoms with van der Waals surface area (Å²) in [6, 6.07) is 0. The van der Waals surface area contributed by atoms with E-state index in [9.17, 15) is 0 Å². The number of thiazole rings is 1. The van der Waals surface area contributed by atoms with E-state index in [-0.39, 0.29) is 6.61 Å². The van der Waals surface area contributed by atoms with Gasteiger partial charge in [0, 0.05) is 0 Å². The van der Waals surface area contributed by atoms with Crippen LogP contribution in [0.1, 0.15) is 4.88 Å². The zero-order valence-electron chi connectivity index (χ0n) is 5.16. The second kappa shape index (κ2) is 3.20. The molecule has 0 unspecified atom stereocenters. The lowest BCUT2D eigenvalue weighted by molar-refractivity contribution is 0.350. The van der Waals surface area contributed by atoms with Crippen LogP contribution < -0.4 is 5.73 Å². The Morgan fingerprint density at radius 3 is 3.10 bits per heavy atom. The van der Waals surface area contributed by atoms with Crippen LogP contribution in [-0.2, 0) is 0 Å². The molecule has 52 valence electrons. The Hall–Kier alpha value is -1.05. The quantitative estimate of drug-likeness (QED) is 0.520. The van der Waals surface area contributed by atoms with E-state index >= 15 is 0 Å². The zero-order chi connectivity index (χ0) is 7.40. The van der Waals surface area contributed by atoms with Gasteiger partial charge in [0.05, 0.1) is 11.1 Å². The highest BCUT2D eigenvalue weighted by Gasteiger charge is 1.91. The normalized spacial score (nSPS) is 8.50. The predicted molar refractivity (Wildman–Crippen MR) is 40.5 cm³/mol. The maximum atomic E-state index is 8.31. The molecule has 1 heterocycles. The maximum absolute atomic E-state index is 8.31. The van der Waals surface area contributed by atoms with Crippen LogP contribution in [0.4, 0.5) is 5.13 Å². The molecule has 0 amide bonds. The van der Waals surface area contributed by atoms with Crippen LogP contribution in [-0.4, -0.2) is 16.7 Å². The monoisotopic (exact) mass is 154 g/mol. The Morgan fingerprint density at radius 2 is 2.60 bits per heavy atom. The molecule has 0 spiro atoms. The van der Waals surface area contributed by atoms with Gasteiger partial charge >= 0.3 is 0 Å². The van der Waals surface area contributed by atoms with Crippen molar-refractivity contribution in [2.45, 2.75) is 0 Å². The van der Waals surface area contributed by atoms with E-state index < -0.39 is 0 Å². The minimum atomic E-state index is -0.127. The molecule has 3 N–H and O–H groups in total. The lowest BCUT2D eigenvalue weighted by atomic mass is 10.5. The van der Waals surface area contributed by atoms with Crippen LogP contribution in [0, 0.1) is 11.8 Å². The third kappa shape index (κ3) is 1.72. The van der Waals surface area contributed by atoms with Gasteiger partial charge in [-0.1, -0.05) is 23.2 Å². The Kier molecular flexibility index (Phi) is 2.26. The van der Waals surface area contributed by atoms with Crippen molar-refractivity contribution in [3.05, 3.63) is 11.1 Å². The van der Waals surface area contributed by atoms with E-state index in [0.717, 1.165) is 4.88 Å². The van der Waals surface area contributed by atoms with Crippen LogP contribution in [0.5, 0.6) is 0 Å². The van der Waals surface area contributed by atoms with E-state index in [1.807, 2.05) is 0 Å². The highest BCUT2D eigenvalue weighted by atomic mass is 32.1. The van der Waals surface area contributed by atoms with Gasteiger partial charge < -0.3 is 10.8 Å². The fraction of sp³-hybridized carbons (Fsp3) is 0.167. The Morgan fingerprint density at radius 1 is 1.80 bits per heavy atom. The first kappa shape index (κ1) is 7.06. The number of rotatable bonds is 0.